The van der Waals surface area contributed by atoms with Crippen molar-refractivity contribution in [2.75, 3.05) is 0 Å². The molecule has 0 spiro atoms. The summed E-state index contributed by atoms with van der Waals surface area (Å²) in [6, 6.07) is 0. The fourth-order valence-corrected chi connectivity index (χ4v) is 2.22. The first-order chi connectivity index (χ1) is 8.60. The monoisotopic (exact) mass is 284 g/mol. The van der Waals surface area contributed by atoms with Crippen molar-refractivity contribution in [3.05, 3.63) is 16.1 Å². The molecule has 0 saturated heterocycles. The minimum Gasteiger partial charge on any atom is -0.480 e. The molecule has 1 heterocycles. The van der Waals surface area contributed by atoms with E-state index < -0.39 is 17.4 Å². The quantitative estimate of drug-likeness (QED) is 0.890. The van der Waals surface area contributed by atoms with Gasteiger partial charge in [0.2, 0.25) is 0 Å². The van der Waals surface area contributed by atoms with E-state index >= 15 is 0 Å². The van der Waals surface area contributed by atoms with Gasteiger partial charge in [0.15, 0.2) is 0 Å². The highest BCUT2D eigenvalue weighted by atomic mass is 32.1. The van der Waals surface area contributed by atoms with Crippen LogP contribution in [0.25, 0.3) is 0 Å². The molecule has 5 nitrogen and oxygen atoms in total. The second-order valence-corrected chi connectivity index (χ2v) is 6.59. The van der Waals surface area contributed by atoms with Gasteiger partial charge in [0, 0.05) is 10.8 Å². The Hall–Kier alpha value is -1.43. The van der Waals surface area contributed by atoms with Crippen molar-refractivity contribution in [1.29, 1.82) is 0 Å². The number of nitrogens with one attached hydrogen (secondary N) is 1. The third kappa shape index (κ3) is 3.53. The number of thiazole rings is 1. The van der Waals surface area contributed by atoms with Crippen LogP contribution in [0.1, 0.15) is 56.5 Å². The molecule has 1 atom stereocenters. The topological polar surface area (TPSA) is 79.3 Å². The highest BCUT2D eigenvalue weighted by Crippen LogP contribution is 2.25. The summed E-state index contributed by atoms with van der Waals surface area (Å²) in [6.45, 7) is 9.25. The maximum Gasteiger partial charge on any atom is 0.329 e. The van der Waals surface area contributed by atoms with Crippen molar-refractivity contribution in [3.63, 3.8) is 0 Å². The molecule has 6 heteroatoms. The highest BCUT2D eigenvalue weighted by molar-refractivity contribution is 7.10. The molecular weight excluding hydrogens is 264 g/mol. The van der Waals surface area contributed by atoms with Gasteiger partial charge in [0.1, 0.15) is 11.2 Å². The molecule has 0 saturated carbocycles. The molecule has 1 aromatic rings. The summed E-state index contributed by atoms with van der Waals surface area (Å²) in [6.07, 6.45) is 0.310. The first-order valence-electron chi connectivity index (χ1n) is 6.12. The smallest absolute Gasteiger partial charge is 0.329 e. The van der Waals surface area contributed by atoms with E-state index in [4.69, 9.17) is 5.11 Å². The minimum absolute atomic E-state index is 0.121. The molecule has 106 valence electrons. The molecule has 2 N–H and O–H groups in total. The van der Waals surface area contributed by atoms with Crippen molar-refractivity contribution in [3.8, 4) is 0 Å². The normalized spacial score (nSPS) is 14.8. The van der Waals surface area contributed by atoms with Gasteiger partial charge in [-0.3, -0.25) is 4.79 Å². The van der Waals surface area contributed by atoms with Gasteiger partial charge in [-0.25, -0.2) is 9.78 Å². The predicted molar refractivity (Wildman–Crippen MR) is 74.6 cm³/mol. The summed E-state index contributed by atoms with van der Waals surface area (Å²) in [4.78, 5) is 27.5. The van der Waals surface area contributed by atoms with E-state index in [0.29, 0.717) is 6.42 Å². The van der Waals surface area contributed by atoms with Gasteiger partial charge in [-0.05, 0) is 13.3 Å². The number of nitrogens with zero attached hydrogens (tertiary/aromatic N) is 1. The van der Waals surface area contributed by atoms with Crippen molar-refractivity contribution < 1.29 is 14.7 Å². The SMILES string of the molecule is CCC(C)(NC(=O)c1csc(C(C)(C)C)n1)C(=O)O. The van der Waals surface area contributed by atoms with Gasteiger partial charge in [0.25, 0.3) is 5.91 Å². The summed E-state index contributed by atoms with van der Waals surface area (Å²) in [7, 11) is 0. The van der Waals surface area contributed by atoms with E-state index in [0.717, 1.165) is 5.01 Å². The van der Waals surface area contributed by atoms with E-state index in [1.54, 1.807) is 12.3 Å². The third-order valence-corrected chi connectivity index (χ3v) is 4.22. The lowest BCUT2D eigenvalue weighted by Crippen LogP contribution is -2.51. The summed E-state index contributed by atoms with van der Waals surface area (Å²) >= 11 is 1.41. The second kappa shape index (κ2) is 5.28. The Kier molecular flexibility index (Phi) is 4.35. The number of hydrogen-bond acceptors (Lipinski definition) is 4. The number of carbonyl (C=O) groups excluding carboxylic acids is 1. The maximum atomic E-state index is 12.0. The Labute approximate surface area is 117 Å². The molecule has 0 aliphatic rings. The number of amides is 1. The third-order valence-electron chi connectivity index (χ3n) is 2.95. The zero-order chi connectivity index (χ0) is 14.8. The Morgan fingerprint density at radius 2 is 1.95 bits per heavy atom. The highest BCUT2D eigenvalue weighted by Gasteiger charge is 2.33. The number of carbonyl (C=O) groups is 2. The van der Waals surface area contributed by atoms with Crippen LogP contribution in [0.4, 0.5) is 0 Å². The fourth-order valence-electron chi connectivity index (χ4n) is 1.33. The molecule has 0 aliphatic heterocycles. The lowest BCUT2D eigenvalue weighted by Gasteiger charge is -2.24. The number of hydrogen-bond donors (Lipinski definition) is 2. The van der Waals surface area contributed by atoms with Crippen LogP contribution in [0.2, 0.25) is 0 Å². The number of carboxylic acids is 1. The van der Waals surface area contributed by atoms with Gasteiger partial charge in [-0.1, -0.05) is 27.7 Å². The van der Waals surface area contributed by atoms with E-state index in [1.807, 2.05) is 20.8 Å². The average molecular weight is 284 g/mol. The van der Waals surface area contributed by atoms with E-state index in [9.17, 15) is 9.59 Å². The van der Waals surface area contributed by atoms with Gasteiger partial charge >= 0.3 is 5.97 Å². The van der Waals surface area contributed by atoms with Crippen LogP contribution in [0.5, 0.6) is 0 Å². The van der Waals surface area contributed by atoms with Crippen molar-refractivity contribution >= 4 is 23.2 Å². The Morgan fingerprint density at radius 3 is 2.32 bits per heavy atom. The van der Waals surface area contributed by atoms with Crippen LogP contribution < -0.4 is 5.32 Å². The van der Waals surface area contributed by atoms with Crippen LogP contribution in [0.15, 0.2) is 5.38 Å². The largest absolute Gasteiger partial charge is 0.480 e. The molecule has 19 heavy (non-hydrogen) atoms. The standard InChI is InChI=1S/C13H20N2O3S/c1-6-13(5,11(17)18)15-9(16)8-7-19-10(14-8)12(2,3)4/h7H,6H2,1-5H3,(H,15,16)(H,17,18). The minimum atomic E-state index is -1.26. The van der Waals surface area contributed by atoms with Crippen molar-refractivity contribution in [2.24, 2.45) is 0 Å². The molecule has 0 fully saturated rings. The second-order valence-electron chi connectivity index (χ2n) is 5.73. The zero-order valence-electron chi connectivity index (χ0n) is 11.9. The molecule has 0 aliphatic carbocycles. The van der Waals surface area contributed by atoms with Crippen LogP contribution in [-0.2, 0) is 10.2 Å². The van der Waals surface area contributed by atoms with Gasteiger partial charge < -0.3 is 10.4 Å². The molecular formula is C13H20N2O3S. The Morgan fingerprint density at radius 1 is 1.37 bits per heavy atom. The average Bonchev–Trinajstić information content (AvgIpc) is 2.77. The van der Waals surface area contributed by atoms with E-state index in [2.05, 4.69) is 10.3 Å². The van der Waals surface area contributed by atoms with E-state index in [-0.39, 0.29) is 11.1 Å². The molecule has 1 aromatic heterocycles. The Balaban J connectivity index is 2.90. The summed E-state index contributed by atoms with van der Waals surface area (Å²) in [5.41, 5.74) is -1.11. The van der Waals surface area contributed by atoms with Gasteiger partial charge in [-0.15, -0.1) is 11.3 Å². The first-order valence-corrected chi connectivity index (χ1v) is 7.00. The van der Waals surface area contributed by atoms with Crippen LogP contribution in [0, 0.1) is 0 Å². The molecule has 1 amide bonds. The lowest BCUT2D eigenvalue weighted by atomic mass is 9.98. The summed E-state index contributed by atoms with van der Waals surface area (Å²) in [5, 5.41) is 14.2. The van der Waals surface area contributed by atoms with Crippen LogP contribution in [0.3, 0.4) is 0 Å². The Bertz CT molecular complexity index is 490. The molecule has 1 rings (SSSR count). The zero-order valence-corrected chi connectivity index (χ0v) is 12.7. The predicted octanol–water partition coefficient (Wildman–Crippen LogP) is 2.42. The molecule has 1 unspecified atom stereocenters. The van der Waals surface area contributed by atoms with Crippen LogP contribution >= 0.6 is 11.3 Å². The first kappa shape index (κ1) is 15.6. The number of rotatable bonds is 4. The van der Waals surface area contributed by atoms with Crippen LogP contribution in [-0.4, -0.2) is 27.5 Å². The van der Waals surface area contributed by atoms with Gasteiger partial charge in [-0.2, -0.15) is 0 Å². The van der Waals surface area contributed by atoms with Crippen molar-refractivity contribution in [1.82, 2.24) is 10.3 Å². The van der Waals surface area contributed by atoms with Crippen molar-refractivity contribution in [2.45, 2.75) is 52.0 Å². The number of carboxylic acid groups (broad SMARTS) is 1. The lowest BCUT2D eigenvalue weighted by molar-refractivity contribution is -0.143. The molecule has 0 bridgehead atoms. The fraction of sp³-hybridized carbons (Fsp3) is 0.615. The summed E-state index contributed by atoms with van der Waals surface area (Å²) in [5.74, 6) is -1.49. The number of aromatic nitrogens is 1. The molecule has 0 radical (unpaired) electrons. The van der Waals surface area contributed by atoms with Gasteiger partial charge in [0.05, 0.1) is 5.01 Å². The molecule has 0 aromatic carbocycles. The maximum absolute atomic E-state index is 12.0. The summed E-state index contributed by atoms with van der Waals surface area (Å²) < 4.78 is 0. The number of aliphatic carboxylic acids is 1. The van der Waals surface area contributed by atoms with E-state index in [1.165, 1.54) is 18.3 Å².